The minimum atomic E-state index is -0.639. The van der Waals surface area contributed by atoms with Gasteiger partial charge in [-0.1, -0.05) is 30.3 Å². The quantitative estimate of drug-likeness (QED) is 0.643. The summed E-state index contributed by atoms with van der Waals surface area (Å²) >= 11 is 0. The van der Waals surface area contributed by atoms with Gasteiger partial charge in [-0.3, -0.25) is 9.59 Å². The van der Waals surface area contributed by atoms with E-state index in [1.54, 1.807) is 23.1 Å². The highest BCUT2D eigenvalue weighted by atomic mass is 16.5. The van der Waals surface area contributed by atoms with Crippen LogP contribution >= 0.6 is 0 Å². The van der Waals surface area contributed by atoms with E-state index < -0.39 is 5.92 Å². The number of benzene rings is 2. The fourth-order valence-corrected chi connectivity index (χ4v) is 3.02. The number of piperidine rings is 1. The summed E-state index contributed by atoms with van der Waals surface area (Å²) in [5.74, 6) is -0.408. The zero-order valence-electron chi connectivity index (χ0n) is 13.1. The van der Waals surface area contributed by atoms with E-state index in [0.29, 0.717) is 24.3 Å². The Morgan fingerprint density at radius 2 is 1.78 bits per heavy atom. The summed E-state index contributed by atoms with van der Waals surface area (Å²) in [6.07, 6.45) is 1.39. The number of carbonyl (C=O) groups is 2. The summed E-state index contributed by atoms with van der Waals surface area (Å²) in [7, 11) is 1.53. The van der Waals surface area contributed by atoms with E-state index in [1.165, 1.54) is 7.11 Å². The monoisotopic (exact) mass is 309 g/mol. The van der Waals surface area contributed by atoms with Crippen molar-refractivity contribution >= 4 is 17.4 Å². The van der Waals surface area contributed by atoms with E-state index in [4.69, 9.17) is 4.74 Å². The van der Waals surface area contributed by atoms with Crippen molar-refractivity contribution in [3.63, 3.8) is 0 Å². The van der Waals surface area contributed by atoms with Crippen LogP contribution in [0.2, 0.25) is 0 Å². The normalized spacial score (nSPS) is 17.9. The van der Waals surface area contributed by atoms with Crippen molar-refractivity contribution in [1.82, 2.24) is 0 Å². The molecule has 1 aliphatic rings. The number of para-hydroxylation sites is 2. The number of rotatable bonds is 4. The maximum absolute atomic E-state index is 12.8. The summed E-state index contributed by atoms with van der Waals surface area (Å²) in [6, 6.07) is 16.6. The molecule has 1 aliphatic heterocycles. The first kappa shape index (κ1) is 15.3. The second-order valence-electron chi connectivity index (χ2n) is 5.58. The lowest BCUT2D eigenvalue weighted by Gasteiger charge is -2.31. The maximum atomic E-state index is 12.8. The topological polar surface area (TPSA) is 46.6 Å². The number of hydrogen-bond acceptors (Lipinski definition) is 3. The van der Waals surface area contributed by atoms with Crippen LogP contribution in [0, 0.1) is 5.92 Å². The highest BCUT2D eigenvalue weighted by Gasteiger charge is 2.36. The van der Waals surface area contributed by atoms with Crippen LogP contribution in [0.4, 0.5) is 5.69 Å². The molecule has 0 aromatic heterocycles. The van der Waals surface area contributed by atoms with Crippen LogP contribution in [0.5, 0.6) is 5.75 Å². The number of nitrogens with zero attached hydrogens (tertiary/aromatic N) is 1. The Bertz CT molecular complexity index is 712. The zero-order chi connectivity index (χ0) is 16.2. The molecule has 1 heterocycles. The highest BCUT2D eigenvalue weighted by Crippen LogP contribution is 2.29. The van der Waals surface area contributed by atoms with Crippen molar-refractivity contribution in [2.75, 3.05) is 18.6 Å². The zero-order valence-corrected chi connectivity index (χ0v) is 13.1. The van der Waals surface area contributed by atoms with E-state index in [9.17, 15) is 9.59 Å². The summed E-state index contributed by atoms with van der Waals surface area (Å²) in [6.45, 7) is 0.651. The SMILES string of the molecule is COc1ccccc1C(=O)C1CCCN(c2ccccc2)C1=O. The van der Waals surface area contributed by atoms with Crippen molar-refractivity contribution in [2.45, 2.75) is 12.8 Å². The molecule has 1 saturated heterocycles. The molecule has 118 valence electrons. The Balaban J connectivity index is 1.88. The fraction of sp³-hybridized carbons (Fsp3) is 0.263. The molecule has 1 atom stereocenters. The van der Waals surface area contributed by atoms with Crippen molar-refractivity contribution in [3.8, 4) is 5.75 Å². The molecular weight excluding hydrogens is 290 g/mol. The van der Waals surface area contributed by atoms with Gasteiger partial charge in [-0.2, -0.15) is 0 Å². The molecule has 1 unspecified atom stereocenters. The molecule has 1 fully saturated rings. The van der Waals surface area contributed by atoms with E-state index >= 15 is 0 Å². The van der Waals surface area contributed by atoms with Crippen LogP contribution in [0.15, 0.2) is 54.6 Å². The van der Waals surface area contributed by atoms with E-state index in [-0.39, 0.29) is 11.7 Å². The Hall–Kier alpha value is -2.62. The van der Waals surface area contributed by atoms with Crippen molar-refractivity contribution in [2.24, 2.45) is 5.92 Å². The molecule has 23 heavy (non-hydrogen) atoms. The number of hydrogen-bond donors (Lipinski definition) is 0. The van der Waals surface area contributed by atoms with Crippen molar-refractivity contribution in [3.05, 3.63) is 60.2 Å². The average molecular weight is 309 g/mol. The standard InChI is InChI=1S/C19H19NO3/c1-23-17-12-6-5-10-15(17)18(21)16-11-7-13-20(19(16)22)14-8-3-2-4-9-14/h2-6,8-10,12,16H,7,11,13H2,1H3. The van der Waals surface area contributed by atoms with E-state index in [0.717, 1.165) is 12.1 Å². The van der Waals surface area contributed by atoms with Gasteiger partial charge in [0, 0.05) is 12.2 Å². The molecule has 3 rings (SSSR count). The second kappa shape index (κ2) is 6.65. The number of methoxy groups -OCH3 is 1. The largest absolute Gasteiger partial charge is 0.496 e. The third-order valence-electron chi connectivity index (χ3n) is 4.20. The van der Waals surface area contributed by atoms with Crippen LogP contribution in [-0.2, 0) is 4.79 Å². The second-order valence-corrected chi connectivity index (χ2v) is 5.58. The van der Waals surface area contributed by atoms with Crippen molar-refractivity contribution in [1.29, 1.82) is 0 Å². The number of carbonyl (C=O) groups excluding carboxylic acids is 2. The average Bonchev–Trinajstić information content (AvgIpc) is 2.62. The summed E-state index contributed by atoms with van der Waals surface area (Å²) in [5, 5.41) is 0. The van der Waals surface area contributed by atoms with E-state index in [1.807, 2.05) is 36.4 Å². The highest BCUT2D eigenvalue weighted by molar-refractivity contribution is 6.15. The minimum Gasteiger partial charge on any atom is -0.496 e. The van der Waals surface area contributed by atoms with Crippen LogP contribution in [0.25, 0.3) is 0 Å². The van der Waals surface area contributed by atoms with Gasteiger partial charge in [-0.25, -0.2) is 0 Å². The molecule has 2 aromatic carbocycles. The van der Waals surface area contributed by atoms with Gasteiger partial charge >= 0.3 is 0 Å². The first-order chi connectivity index (χ1) is 11.2. The summed E-state index contributed by atoms with van der Waals surface area (Å²) < 4.78 is 5.26. The lowest BCUT2D eigenvalue weighted by atomic mass is 9.88. The first-order valence-corrected chi connectivity index (χ1v) is 7.76. The van der Waals surface area contributed by atoms with Crippen LogP contribution < -0.4 is 9.64 Å². The van der Waals surface area contributed by atoms with Gasteiger partial charge in [0.15, 0.2) is 5.78 Å². The number of Topliss-reactive ketones (excluding diaryl/α,β-unsaturated/α-hetero) is 1. The molecule has 0 bridgehead atoms. The smallest absolute Gasteiger partial charge is 0.237 e. The predicted octanol–water partition coefficient (Wildman–Crippen LogP) is 3.32. The predicted molar refractivity (Wildman–Crippen MR) is 88.8 cm³/mol. The number of ketones is 1. The maximum Gasteiger partial charge on any atom is 0.237 e. The van der Waals surface area contributed by atoms with Gasteiger partial charge in [0.25, 0.3) is 0 Å². The van der Waals surface area contributed by atoms with Gasteiger partial charge in [-0.15, -0.1) is 0 Å². The molecule has 0 aliphatic carbocycles. The lowest BCUT2D eigenvalue weighted by Crippen LogP contribution is -2.44. The Morgan fingerprint density at radius 1 is 1.09 bits per heavy atom. The molecule has 0 saturated carbocycles. The van der Waals surface area contributed by atoms with E-state index in [2.05, 4.69) is 0 Å². The third-order valence-corrected chi connectivity index (χ3v) is 4.20. The first-order valence-electron chi connectivity index (χ1n) is 7.76. The molecular formula is C19H19NO3. The lowest BCUT2D eigenvalue weighted by molar-refractivity contribution is -0.122. The van der Waals surface area contributed by atoms with Gasteiger partial charge in [0.05, 0.1) is 12.7 Å². The molecule has 4 heteroatoms. The molecule has 4 nitrogen and oxygen atoms in total. The Kier molecular flexibility index (Phi) is 4.42. The van der Waals surface area contributed by atoms with Gasteiger partial charge < -0.3 is 9.64 Å². The minimum absolute atomic E-state index is 0.127. The van der Waals surface area contributed by atoms with Crippen LogP contribution in [-0.4, -0.2) is 25.3 Å². The fourth-order valence-electron chi connectivity index (χ4n) is 3.02. The number of ether oxygens (including phenoxy) is 1. The Labute approximate surface area is 135 Å². The molecule has 0 N–H and O–H groups in total. The summed E-state index contributed by atoms with van der Waals surface area (Å²) in [5.41, 5.74) is 1.32. The third kappa shape index (κ3) is 2.97. The Morgan fingerprint density at radius 3 is 2.52 bits per heavy atom. The number of amides is 1. The van der Waals surface area contributed by atoms with Crippen LogP contribution in [0.1, 0.15) is 23.2 Å². The van der Waals surface area contributed by atoms with Gasteiger partial charge in [0.1, 0.15) is 11.7 Å². The van der Waals surface area contributed by atoms with Crippen LogP contribution in [0.3, 0.4) is 0 Å². The molecule has 2 aromatic rings. The van der Waals surface area contributed by atoms with Gasteiger partial charge in [-0.05, 0) is 37.1 Å². The molecule has 1 amide bonds. The van der Waals surface area contributed by atoms with Gasteiger partial charge in [0.2, 0.25) is 5.91 Å². The molecule has 0 spiro atoms. The van der Waals surface area contributed by atoms with Crippen molar-refractivity contribution < 1.29 is 14.3 Å². The number of anilines is 1. The molecule has 0 radical (unpaired) electrons. The summed E-state index contributed by atoms with van der Waals surface area (Å²) in [4.78, 5) is 27.4.